The molecule has 0 aliphatic carbocycles. The van der Waals surface area contributed by atoms with Crippen LogP contribution in [-0.2, 0) is 6.54 Å². The second kappa shape index (κ2) is 9.89. The Labute approximate surface area is 200 Å². The Morgan fingerprint density at radius 1 is 1.24 bits per heavy atom. The number of nitriles is 1. The van der Waals surface area contributed by atoms with Gasteiger partial charge in [-0.2, -0.15) is 5.26 Å². The molecule has 0 N–H and O–H groups in total. The van der Waals surface area contributed by atoms with Crippen LogP contribution in [0, 0.1) is 11.3 Å². The maximum atomic E-state index is 13.3. The van der Waals surface area contributed by atoms with Gasteiger partial charge >= 0.3 is 0 Å². The Morgan fingerprint density at radius 3 is 2.62 bits per heavy atom. The van der Waals surface area contributed by atoms with Crippen LogP contribution in [0.4, 0.5) is 14.5 Å². The van der Waals surface area contributed by atoms with Crippen molar-refractivity contribution in [2.45, 2.75) is 31.7 Å². The number of thiophene rings is 1. The zero-order valence-electron chi connectivity index (χ0n) is 18.8. The SMILES string of the molecule is CN(Cc1ccccc1C#N)C(=O)c1sc(C(=O)N2CC(F)(F)C2)cc1N=CN1CCCCC1. The van der Waals surface area contributed by atoms with E-state index in [0.29, 0.717) is 16.8 Å². The highest BCUT2D eigenvalue weighted by molar-refractivity contribution is 7.16. The second-order valence-electron chi connectivity index (χ2n) is 8.61. The number of halogens is 2. The topological polar surface area (TPSA) is 80.0 Å². The third-order valence-corrected chi connectivity index (χ3v) is 6.99. The number of alkyl halides is 2. The van der Waals surface area contributed by atoms with Crippen molar-refractivity contribution in [2.24, 2.45) is 4.99 Å². The first-order chi connectivity index (χ1) is 16.3. The molecular formula is C24H25F2N5O2S. The highest BCUT2D eigenvalue weighted by atomic mass is 32.1. The largest absolute Gasteiger partial charge is 0.363 e. The summed E-state index contributed by atoms with van der Waals surface area (Å²) in [5.74, 6) is -3.74. The summed E-state index contributed by atoms with van der Waals surface area (Å²) in [4.78, 5) is 35.6. The van der Waals surface area contributed by atoms with Crippen molar-refractivity contribution in [3.8, 4) is 6.07 Å². The summed E-state index contributed by atoms with van der Waals surface area (Å²) in [6, 6.07) is 10.7. The Balaban J connectivity index is 1.58. The quantitative estimate of drug-likeness (QED) is 0.455. The van der Waals surface area contributed by atoms with Crippen LogP contribution in [0.2, 0.25) is 0 Å². The van der Waals surface area contributed by atoms with Crippen LogP contribution in [0.5, 0.6) is 0 Å². The molecule has 10 heteroatoms. The maximum absolute atomic E-state index is 13.3. The summed E-state index contributed by atoms with van der Waals surface area (Å²) in [5.41, 5.74) is 1.53. The second-order valence-corrected chi connectivity index (χ2v) is 9.67. The van der Waals surface area contributed by atoms with Crippen LogP contribution >= 0.6 is 11.3 Å². The van der Waals surface area contributed by atoms with Gasteiger partial charge in [-0.1, -0.05) is 18.2 Å². The molecule has 2 aliphatic rings. The predicted octanol–water partition coefficient (Wildman–Crippen LogP) is 4.13. The van der Waals surface area contributed by atoms with E-state index in [1.54, 1.807) is 37.7 Å². The molecule has 178 valence electrons. The van der Waals surface area contributed by atoms with E-state index in [-0.39, 0.29) is 22.2 Å². The molecule has 1 aromatic heterocycles. The molecule has 0 saturated carbocycles. The minimum Gasteiger partial charge on any atom is -0.363 e. The van der Waals surface area contributed by atoms with E-state index in [4.69, 9.17) is 0 Å². The lowest BCUT2D eigenvalue weighted by Gasteiger charge is -2.38. The van der Waals surface area contributed by atoms with Crippen LogP contribution in [0.3, 0.4) is 0 Å². The van der Waals surface area contributed by atoms with Gasteiger partial charge < -0.3 is 14.7 Å². The molecule has 2 fully saturated rings. The molecule has 0 atom stereocenters. The number of hydrogen-bond donors (Lipinski definition) is 0. The number of likely N-dealkylation sites (tertiary alicyclic amines) is 2. The van der Waals surface area contributed by atoms with E-state index in [0.717, 1.165) is 42.2 Å². The van der Waals surface area contributed by atoms with Crippen molar-refractivity contribution >= 4 is 35.2 Å². The maximum Gasteiger partial charge on any atom is 0.282 e. The van der Waals surface area contributed by atoms with Crippen LogP contribution in [0.1, 0.15) is 49.7 Å². The molecule has 1 aromatic carbocycles. The minimum absolute atomic E-state index is 0.204. The number of aliphatic imine (C=N–C) groups is 1. The number of amides is 2. The molecule has 7 nitrogen and oxygen atoms in total. The Hall–Kier alpha value is -3.32. The fourth-order valence-corrected chi connectivity index (χ4v) is 5.06. The van der Waals surface area contributed by atoms with E-state index < -0.39 is 24.9 Å². The van der Waals surface area contributed by atoms with Crippen molar-refractivity contribution in [2.75, 3.05) is 33.2 Å². The van der Waals surface area contributed by atoms with Crippen molar-refractivity contribution in [1.29, 1.82) is 5.26 Å². The Bertz CT molecular complexity index is 1140. The highest BCUT2D eigenvalue weighted by Crippen LogP contribution is 2.35. The molecule has 2 aliphatic heterocycles. The van der Waals surface area contributed by atoms with Crippen molar-refractivity contribution in [3.05, 3.63) is 51.2 Å². The van der Waals surface area contributed by atoms with Crippen molar-refractivity contribution < 1.29 is 18.4 Å². The predicted molar refractivity (Wildman–Crippen MR) is 126 cm³/mol. The standard InChI is InChI=1S/C24H25F2N5O2S/c1-29(13-18-8-4-3-7-17(18)12-27)23(33)21-19(28-16-30-9-5-2-6-10-30)11-20(34-21)22(32)31-14-24(25,26)15-31/h3-4,7-8,11,16H,2,5-6,9-10,13-15H2,1H3. The molecule has 0 radical (unpaired) electrons. The van der Waals surface area contributed by atoms with Gasteiger partial charge in [-0.25, -0.2) is 13.8 Å². The summed E-state index contributed by atoms with van der Waals surface area (Å²) in [6.45, 7) is 0.707. The zero-order chi connectivity index (χ0) is 24.3. The highest BCUT2D eigenvalue weighted by Gasteiger charge is 2.46. The molecule has 0 bridgehead atoms. The molecule has 34 heavy (non-hydrogen) atoms. The number of carbonyl (C=O) groups excluding carboxylic acids is 2. The number of carbonyl (C=O) groups is 2. The lowest BCUT2D eigenvalue weighted by molar-refractivity contribution is -0.112. The van der Waals surface area contributed by atoms with Crippen LogP contribution in [0.25, 0.3) is 0 Å². The number of benzene rings is 1. The first-order valence-corrected chi connectivity index (χ1v) is 11.9. The van der Waals surface area contributed by atoms with E-state index in [1.807, 2.05) is 0 Å². The summed E-state index contributed by atoms with van der Waals surface area (Å²) in [7, 11) is 1.62. The number of hydrogen-bond acceptors (Lipinski definition) is 5. The van der Waals surface area contributed by atoms with Gasteiger partial charge in [0.1, 0.15) is 4.88 Å². The minimum atomic E-state index is -2.87. The average Bonchev–Trinajstić information content (AvgIpc) is 3.25. The van der Waals surface area contributed by atoms with Crippen molar-refractivity contribution in [3.63, 3.8) is 0 Å². The zero-order valence-corrected chi connectivity index (χ0v) is 19.7. The molecule has 4 rings (SSSR count). The summed E-state index contributed by atoms with van der Waals surface area (Å²) in [5, 5.41) is 9.34. The summed E-state index contributed by atoms with van der Waals surface area (Å²) in [6.07, 6.45) is 4.99. The molecule has 3 heterocycles. The molecular weight excluding hydrogens is 460 g/mol. The smallest absolute Gasteiger partial charge is 0.282 e. The number of nitrogens with zero attached hydrogens (tertiary/aromatic N) is 5. The fourth-order valence-electron chi connectivity index (χ4n) is 3.99. The van der Waals surface area contributed by atoms with Gasteiger partial charge in [-0.15, -0.1) is 11.3 Å². The van der Waals surface area contributed by atoms with Crippen LogP contribution in [-0.4, -0.2) is 72.0 Å². The fraction of sp³-hybridized carbons (Fsp3) is 0.417. The number of piperidine rings is 1. The molecule has 2 amide bonds. The van der Waals surface area contributed by atoms with Crippen LogP contribution in [0.15, 0.2) is 35.3 Å². The van der Waals surface area contributed by atoms with Gasteiger partial charge in [0.2, 0.25) is 0 Å². The molecule has 2 aromatic rings. The van der Waals surface area contributed by atoms with Gasteiger partial charge in [-0.05, 0) is 37.0 Å². The summed E-state index contributed by atoms with van der Waals surface area (Å²) >= 11 is 0.964. The van der Waals surface area contributed by atoms with Gasteiger partial charge in [0.25, 0.3) is 17.7 Å². The monoisotopic (exact) mass is 485 g/mol. The Morgan fingerprint density at radius 2 is 1.94 bits per heavy atom. The van der Waals surface area contributed by atoms with Gasteiger partial charge in [0.15, 0.2) is 0 Å². The van der Waals surface area contributed by atoms with E-state index in [1.165, 1.54) is 17.4 Å². The molecule has 0 unspecified atom stereocenters. The van der Waals surface area contributed by atoms with E-state index >= 15 is 0 Å². The first-order valence-electron chi connectivity index (χ1n) is 11.1. The third-order valence-electron chi connectivity index (χ3n) is 5.89. The molecule has 2 saturated heterocycles. The third kappa shape index (κ3) is 5.25. The van der Waals surface area contributed by atoms with E-state index in [2.05, 4.69) is 16.0 Å². The average molecular weight is 486 g/mol. The Kier molecular flexibility index (Phi) is 6.93. The van der Waals surface area contributed by atoms with Gasteiger partial charge in [0, 0.05) is 26.7 Å². The summed E-state index contributed by atoms with van der Waals surface area (Å²) < 4.78 is 26.6. The van der Waals surface area contributed by atoms with Crippen LogP contribution < -0.4 is 0 Å². The number of rotatable bonds is 6. The van der Waals surface area contributed by atoms with Crippen molar-refractivity contribution in [1.82, 2.24) is 14.7 Å². The lowest BCUT2D eigenvalue weighted by Crippen LogP contribution is -2.58. The first kappa shape index (κ1) is 23.8. The van der Waals surface area contributed by atoms with Gasteiger partial charge in [0.05, 0.1) is 41.6 Å². The van der Waals surface area contributed by atoms with Gasteiger partial charge in [-0.3, -0.25) is 9.59 Å². The molecule has 0 spiro atoms. The normalized spacial score (nSPS) is 17.4. The van der Waals surface area contributed by atoms with E-state index in [9.17, 15) is 23.6 Å². The lowest BCUT2D eigenvalue weighted by atomic mass is 10.1.